The van der Waals surface area contributed by atoms with Crippen LogP contribution < -0.4 is 4.74 Å². The molecule has 2 aromatic carbocycles. The maximum atomic E-state index is 11.0. The van der Waals surface area contributed by atoms with Crippen molar-refractivity contribution in [3.05, 3.63) is 64.2 Å². The molecule has 8 nitrogen and oxygen atoms in total. The number of aliphatic hydroxyl groups excluding tert-OH is 2. The number of hydrogen-bond donors (Lipinski definition) is 2. The van der Waals surface area contributed by atoms with Crippen LogP contribution in [0.4, 0.5) is 0 Å². The van der Waals surface area contributed by atoms with Crippen LogP contribution in [0.3, 0.4) is 0 Å². The van der Waals surface area contributed by atoms with Crippen molar-refractivity contribution < 1.29 is 33.9 Å². The molecule has 208 valence electrons. The Labute approximate surface area is 229 Å². The minimum Gasteiger partial charge on any atom is -0.494 e. The highest BCUT2D eigenvalue weighted by atomic mass is 35.5. The van der Waals surface area contributed by atoms with E-state index in [4.69, 9.17) is 35.3 Å². The topological polar surface area (TPSA) is 89.9 Å². The normalized spacial score (nSPS) is 31.1. The molecule has 3 atom stereocenters. The first-order valence-corrected chi connectivity index (χ1v) is 13.9. The van der Waals surface area contributed by atoms with Crippen LogP contribution in [-0.4, -0.2) is 98.3 Å². The van der Waals surface area contributed by atoms with Gasteiger partial charge in [-0.25, -0.2) is 0 Å². The average Bonchev–Trinajstić information content (AvgIpc) is 2.92. The van der Waals surface area contributed by atoms with Crippen LogP contribution in [-0.2, 0) is 25.4 Å². The van der Waals surface area contributed by atoms with Gasteiger partial charge in [-0.15, -0.1) is 0 Å². The van der Waals surface area contributed by atoms with E-state index in [-0.39, 0.29) is 25.7 Å². The first-order chi connectivity index (χ1) is 18.5. The molecule has 3 aliphatic rings. The Morgan fingerprint density at radius 2 is 1.71 bits per heavy atom. The Balaban J connectivity index is 1.29. The van der Waals surface area contributed by atoms with E-state index in [0.29, 0.717) is 44.5 Å². The summed E-state index contributed by atoms with van der Waals surface area (Å²) in [5.74, 6) is 0.837. The molecule has 0 saturated carbocycles. The van der Waals surface area contributed by atoms with Crippen LogP contribution in [0, 0.1) is 0 Å². The highest BCUT2D eigenvalue weighted by molar-refractivity contribution is 6.31. The molecule has 3 aliphatic heterocycles. The summed E-state index contributed by atoms with van der Waals surface area (Å²) in [5.41, 5.74) is 1.81. The van der Waals surface area contributed by atoms with E-state index in [1.54, 1.807) is 0 Å². The van der Waals surface area contributed by atoms with Crippen molar-refractivity contribution in [2.45, 2.75) is 49.7 Å². The fourth-order valence-electron chi connectivity index (χ4n) is 5.54. The number of rotatable bonds is 6. The molecule has 2 unspecified atom stereocenters. The zero-order valence-corrected chi connectivity index (χ0v) is 22.6. The third kappa shape index (κ3) is 6.35. The number of ether oxygens (including phenoxy) is 5. The Hall–Kier alpha value is -1.75. The van der Waals surface area contributed by atoms with Crippen molar-refractivity contribution in [2.75, 3.05) is 59.3 Å². The lowest BCUT2D eigenvalue weighted by atomic mass is 9.85. The van der Waals surface area contributed by atoms with Crippen LogP contribution in [0.15, 0.2) is 42.5 Å². The average molecular weight is 548 g/mol. The minimum absolute atomic E-state index is 0.124. The van der Waals surface area contributed by atoms with Crippen LogP contribution in [0.1, 0.15) is 36.1 Å². The first kappa shape index (κ1) is 27.8. The van der Waals surface area contributed by atoms with Gasteiger partial charge >= 0.3 is 0 Å². The van der Waals surface area contributed by atoms with Crippen molar-refractivity contribution in [3.8, 4) is 5.75 Å². The summed E-state index contributed by atoms with van der Waals surface area (Å²) in [6, 6.07) is 13.9. The second-order valence-electron chi connectivity index (χ2n) is 10.4. The van der Waals surface area contributed by atoms with Crippen LogP contribution in [0.5, 0.6) is 5.75 Å². The molecule has 0 radical (unpaired) electrons. The highest BCUT2D eigenvalue weighted by Gasteiger charge is 2.51. The van der Waals surface area contributed by atoms with Crippen molar-refractivity contribution in [1.82, 2.24) is 4.90 Å². The maximum Gasteiger partial charge on any atom is 0.144 e. The molecule has 0 amide bonds. The summed E-state index contributed by atoms with van der Waals surface area (Å²) < 4.78 is 29.7. The Morgan fingerprint density at radius 1 is 1.00 bits per heavy atom. The summed E-state index contributed by atoms with van der Waals surface area (Å²) >= 11 is 6.57. The summed E-state index contributed by atoms with van der Waals surface area (Å²) in [4.78, 5) is 2.32. The Morgan fingerprint density at radius 3 is 2.39 bits per heavy atom. The third-order valence-corrected chi connectivity index (χ3v) is 8.05. The standard InChI is InChI=1S/C29H38ClNO7/c1-2-37-24-6-3-20(4-7-24)13-22-14-21(5-8-25(22)30)27-15-26(32)28(33)29(38-27)18-35-16-23(17-36-19-29)31-9-11-34-12-10-31/h3-8,14,23,26-28,32-33H,2,9-13,15-19H2,1H3/t23?,26?,27?,28-,29?/m0/s1. The molecule has 0 aliphatic carbocycles. The van der Waals surface area contributed by atoms with Gasteiger partial charge in [-0.1, -0.05) is 35.9 Å². The molecular formula is C29H38ClNO7. The number of aliphatic hydroxyl groups is 2. The summed E-state index contributed by atoms with van der Waals surface area (Å²) in [7, 11) is 0. The number of hydrogen-bond acceptors (Lipinski definition) is 8. The van der Waals surface area contributed by atoms with Gasteiger partial charge in [0.2, 0.25) is 0 Å². The van der Waals surface area contributed by atoms with Gasteiger partial charge in [0.05, 0.1) is 64.5 Å². The number of nitrogens with zero attached hydrogens (tertiary/aromatic N) is 1. The van der Waals surface area contributed by atoms with Crippen molar-refractivity contribution in [2.24, 2.45) is 0 Å². The van der Waals surface area contributed by atoms with Gasteiger partial charge < -0.3 is 33.9 Å². The molecule has 2 N–H and O–H groups in total. The molecule has 3 heterocycles. The van der Waals surface area contributed by atoms with E-state index >= 15 is 0 Å². The molecular weight excluding hydrogens is 510 g/mol. The van der Waals surface area contributed by atoms with Crippen molar-refractivity contribution in [3.63, 3.8) is 0 Å². The smallest absolute Gasteiger partial charge is 0.144 e. The van der Waals surface area contributed by atoms with Crippen molar-refractivity contribution in [1.29, 1.82) is 0 Å². The fourth-order valence-corrected chi connectivity index (χ4v) is 5.73. The van der Waals surface area contributed by atoms with E-state index in [1.807, 2.05) is 49.4 Å². The van der Waals surface area contributed by atoms with E-state index in [0.717, 1.165) is 35.5 Å². The summed E-state index contributed by atoms with van der Waals surface area (Å²) in [6.45, 7) is 6.89. The van der Waals surface area contributed by atoms with Gasteiger partial charge in [-0.05, 0) is 48.2 Å². The zero-order chi connectivity index (χ0) is 26.5. The lowest BCUT2D eigenvalue weighted by Crippen LogP contribution is -2.62. The second kappa shape index (κ2) is 12.6. The molecule has 9 heteroatoms. The lowest BCUT2D eigenvalue weighted by molar-refractivity contribution is -0.273. The molecule has 0 aromatic heterocycles. The Kier molecular flexibility index (Phi) is 9.23. The number of benzene rings is 2. The van der Waals surface area contributed by atoms with E-state index in [9.17, 15) is 10.2 Å². The number of morpholine rings is 1. The molecule has 1 spiro atoms. The van der Waals surface area contributed by atoms with Gasteiger partial charge in [-0.2, -0.15) is 0 Å². The summed E-state index contributed by atoms with van der Waals surface area (Å²) in [6.07, 6.45) is -1.61. The summed E-state index contributed by atoms with van der Waals surface area (Å²) in [5, 5.41) is 22.5. The molecule has 0 bridgehead atoms. The zero-order valence-electron chi connectivity index (χ0n) is 21.9. The van der Waals surface area contributed by atoms with E-state index in [1.165, 1.54) is 0 Å². The SMILES string of the molecule is CCOc1ccc(Cc2cc(C3CC(O)[C@H](O)C4(COCC(N5CCOCC5)COC4)O3)ccc2Cl)cc1. The molecule has 5 rings (SSSR count). The monoisotopic (exact) mass is 547 g/mol. The quantitative estimate of drug-likeness (QED) is 0.570. The fraction of sp³-hybridized carbons (Fsp3) is 0.586. The lowest BCUT2D eigenvalue weighted by Gasteiger charge is -2.48. The van der Waals surface area contributed by atoms with Crippen LogP contribution in [0.25, 0.3) is 0 Å². The largest absolute Gasteiger partial charge is 0.494 e. The van der Waals surface area contributed by atoms with Crippen molar-refractivity contribution >= 4 is 11.6 Å². The first-order valence-electron chi connectivity index (χ1n) is 13.5. The molecule has 3 fully saturated rings. The van der Waals surface area contributed by atoms with Gasteiger partial charge in [0, 0.05) is 24.5 Å². The Bertz CT molecular complexity index is 1040. The van der Waals surface area contributed by atoms with Crippen LogP contribution in [0.2, 0.25) is 5.02 Å². The van der Waals surface area contributed by atoms with E-state index < -0.39 is 23.9 Å². The van der Waals surface area contributed by atoms with Gasteiger partial charge in [0.25, 0.3) is 0 Å². The number of halogens is 1. The predicted molar refractivity (Wildman–Crippen MR) is 143 cm³/mol. The molecule has 3 saturated heterocycles. The van der Waals surface area contributed by atoms with E-state index in [2.05, 4.69) is 4.90 Å². The maximum absolute atomic E-state index is 11.0. The predicted octanol–water partition coefficient (Wildman–Crippen LogP) is 3.00. The second-order valence-corrected chi connectivity index (χ2v) is 10.8. The van der Waals surface area contributed by atoms with Gasteiger partial charge in [-0.3, -0.25) is 4.90 Å². The van der Waals surface area contributed by atoms with Gasteiger partial charge in [0.1, 0.15) is 17.5 Å². The highest BCUT2D eigenvalue weighted by Crippen LogP contribution is 2.40. The minimum atomic E-state index is -1.16. The molecule has 38 heavy (non-hydrogen) atoms. The van der Waals surface area contributed by atoms with Crippen LogP contribution >= 0.6 is 11.6 Å². The third-order valence-electron chi connectivity index (χ3n) is 7.68. The van der Waals surface area contributed by atoms with Gasteiger partial charge in [0.15, 0.2) is 0 Å². The molecule has 2 aromatic rings.